The molecule has 0 unspecified atom stereocenters. The van der Waals surface area contributed by atoms with Gasteiger partial charge in [-0.25, -0.2) is 0 Å². The molecule has 0 spiro atoms. The molecule has 0 aliphatic heterocycles. The van der Waals surface area contributed by atoms with Crippen LogP contribution in [0.2, 0.25) is 0 Å². The number of hydrogen-bond acceptors (Lipinski definition) is 2. The van der Waals surface area contributed by atoms with E-state index in [0.29, 0.717) is 21.2 Å². The highest BCUT2D eigenvalue weighted by molar-refractivity contribution is 9.10. The topological polar surface area (TPSA) is 17.1 Å². The quantitative estimate of drug-likeness (QED) is 0.130. The highest BCUT2D eigenvalue weighted by Gasteiger charge is 2.58. The smallest absolute Gasteiger partial charge is 0.202 e. The SMILES string of the molecule is CCCCCCCC[C@@H]1CC[C@@H]2[C@@H]3CC=C4C[C@@H](SC(=O)[C@H](Br)CCCC)CC[C@]4(C)[C@@H]3CC[C@]12C. The standard InChI is InChI=1S/C33H55BrOS/c1-5-7-9-10-11-12-13-24-16-18-28-27-17-15-25-23-26(36-31(35)30(34)14-8-6-2)19-21-33(25,4)29(27)20-22-32(24,28)3/h15,24,26-30H,5-14,16-23H2,1-4H3/t24-,26+,27+,28-,29-,30-,32-,33+/m1/s1. The van der Waals surface area contributed by atoms with Crippen LogP contribution in [-0.2, 0) is 4.79 Å². The van der Waals surface area contributed by atoms with Crippen LogP contribution in [-0.4, -0.2) is 15.2 Å². The van der Waals surface area contributed by atoms with Crippen molar-refractivity contribution in [2.75, 3.05) is 0 Å². The zero-order chi connectivity index (χ0) is 25.8. The fraction of sp³-hybridized carbons (Fsp3) is 0.909. The molecule has 0 aromatic heterocycles. The Balaban J connectivity index is 1.34. The summed E-state index contributed by atoms with van der Waals surface area (Å²) in [5.74, 6) is 3.74. The van der Waals surface area contributed by atoms with Gasteiger partial charge in [-0.1, -0.05) is 118 Å². The van der Waals surface area contributed by atoms with Gasteiger partial charge in [-0.05, 0) is 98.7 Å². The number of thioether (sulfide) groups is 1. The average molecular weight is 580 g/mol. The Labute approximate surface area is 236 Å². The van der Waals surface area contributed by atoms with E-state index in [4.69, 9.17) is 0 Å². The third-order valence-electron chi connectivity index (χ3n) is 11.5. The van der Waals surface area contributed by atoms with E-state index in [1.165, 1.54) is 89.9 Å². The summed E-state index contributed by atoms with van der Waals surface area (Å²) < 4.78 is 0. The number of alkyl halides is 1. The van der Waals surface area contributed by atoms with E-state index >= 15 is 0 Å². The van der Waals surface area contributed by atoms with Crippen molar-refractivity contribution in [3.05, 3.63) is 11.6 Å². The van der Waals surface area contributed by atoms with Gasteiger partial charge in [0.2, 0.25) is 5.12 Å². The van der Waals surface area contributed by atoms with Gasteiger partial charge in [0.15, 0.2) is 0 Å². The lowest BCUT2D eigenvalue weighted by Gasteiger charge is -2.58. The minimum absolute atomic E-state index is 0.0446. The third-order valence-corrected chi connectivity index (χ3v) is 13.9. The molecule has 0 aromatic carbocycles. The lowest BCUT2D eigenvalue weighted by atomic mass is 9.47. The van der Waals surface area contributed by atoms with Crippen LogP contribution in [0.3, 0.4) is 0 Å². The molecule has 0 bridgehead atoms. The number of carbonyl (C=O) groups is 1. The molecule has 206 valence electrons. The molecule has 0 saturated heterocycles. The summed E-state index contributed by atoms with van der Waals surface area (Å²) in [6.07, 6.45) is 27.0. The lowest BCUT2D eigenvalue weighted by molar-refractivity contribution is -0.110. The number of unbranched alkanes of at least 4 members (excludes halogenated alkanes) is 6. The molecule has 0 N–H and O–H groups in total. The summed E-state index contributed by atoms with van der Waals surface area (Å²) in [5, 5.41) is 0.874. The monoisotopic (exact) mass is 578 g/mol. The zero-order valence-electron chi connectivity index (χ0n) is 24.0. The Kier molecular flexibility index (Phi) is 10.6. The van der Waals surface area contributed by atoms with Crippen LogP contribution in [0, 0.1) is 34.5 Å². The number of rotatable bonds is 12. The molecule has 4 aliphatic carbocycles. The molecule has 0 heterocycles. The highest BCUT2D eigenvalue weighted by atomic mass is 79.9. The Morgan fingerprint density at radius 3 is 2.50 bits per heavy atom. The lowest BCUT2D eigenvalue weighted by Crippen LogP contribution is -2.50. The molecule has 1 nitrogen and oxygen atoms in total. The molecule has 3 heteroatoms. The van der Waals surface area contributed by atoms with Gasteiger partial charge in [0, 0.05) is 5.25 Å². The first-order chi connectivity index (χ1) is 17.3. The summed E-state index contributed by atoms with van der Waals surface area (Å²) >= 11 is 5.34. The Morgan fingerprint density at radius 1 is 0.972 bits per heavy atom. The van der Waals surface area contributed by atoms with Crippen LogP contribution in [0.25, 0.3) is 0 Å². The molecule has 3 fully saturated rings. The number of halogens is 1. The normalized spacial score (nSPS) is 38.6. The van der Waals surface area contributed by atoms with E-state index in [0.717, 1.165) is 49.4 Å². The van der Waals surface area contributed by atoms with Gasteiger partial charge in [-0.2, -0.15) is 0 Å². The van der Waals surface area contributed by atoms with Crippen molar-refractivity contribution < 1.29 is 4.79 Å². The van der Waals surface area contributed by atoms with Crippen molar-refractivity contribution in [3.8, 4) is 0 Å². The molecule has 0 radical (unpaired) electrons. The average Bonchev–Trinajstić information content (AvgIpc) is 3.21. The fourth-order valence-electron chi connectivity index (χ4n) is 9.22. The minimum Gasteiger partial charge on any atom is -0.286 e. The van der Waals surface area contributed by atoms with Gasteiger partial charge in [0.25, 0.3) is 0 Å². The fourth-order valence-corrected chi connectivity index (χ4v) is 11.0. The molecular weight excluding hydrogens is 524 g/mol. The predicted octanol–water partition coefficient (Wildman–Crippen LogP) is 10.9. The third kappa shape index (κ3) is 6.18. The van der Waals surface area contributed by atoms with Gasteiger partial charge >= 0.3 is 0 Å². The minimum atomic E-state index is 0.0446. The number of allylic oxidation sites excluding steroid dienone is 2. The molecular formula is C33H55BrOS. The van der Waals surface area contributed by atoms with Crippen LogP contribution in [0.4, 0.5) is 0 Å². The second-order valence-electron chi connectivity index (χ2n) is 13.5. The van der Waals surface area contributed by atoms with Crippen LogP contribution in [0.5, 0.6) is 0 Å². The van der Waals surface area contributed by atoms with Gasteiger partial charge in [-0.3, -0.25) is 4.79 Å². The van der Waals surface area contributed by atoms with Crippen LogP contribution in [0.1, 0.15) is 143 Å². The molecule has 3 saturated carbocycles. The first-order valence-electron chi connectivity index (χ1n) is 15.9. The molecule has 4 aliphatic rings. The first kappa shape index (κ1) is 29.2. The molecule has 4 rings (SSSR count). The predicted molar refractivity (Wildman–Crippen MR) is 162 cm³/mol. The van der Waals surface area contributed by atoms with Gasteiger partial charge in [0.05, 0.1) is 4.83 Å². The van der Waals surface area contributed by atoms with Crippen molar-refractivity contribution in [2.45, 2.75) is 153 Å². The van der Waals surface area contributed by atoms with Crippen molar-refractivity contribution in [1.82, 2.24) is 0 Å². The Bertz CT molecular complexity index is 763. The molecule has 0 amide bonds. The Morgan fingerprint density at radius 2 is 1.72 bits per heavy atom. The highest BCUT2D eigenvalue weighted by Crippen LogP contribution is 2.67. The maximum Gasteiger partial charge on any atom is 0.202 e. The number of hydrogen-bond donors (Lipinski definition) is 0. The number of fused-ring (bicyclic) bond motifs is 5. The second kappa shape index (κ2) is 13.1. The van der Waals surface area contributed by atoms with Crippen molar-refractivity contribution in [1.29, 1.82) is 0 Å². The van der Waals surface area contributed by atoms with E-state index in [2.05, 4.69) is 49.7 Å². The summed E-state index contributed by atoms with van der Waals surface area (Å²) in [6.45, 7) is 9.85. The van der Waals surface area contributed by atoms with Crippen LogP contribution in [0.15, 0.2) is 11.6 Å². The molecule has 8 atom stereocenters. The van der Waals surface area contributed by atoms with E-state index in [1.54, 1.807) is 17.3 Å². The maximum atomic E-state index is 12.8. The van der Waals surface area contributed by atoms with Gasteiger partial charge in [0.1, 0.15) is 0 Å². The molecule has 36 heavy (non-hydrogen) atoms. The first-order valence-corrected chi connectivity index (χ1v) is 17.7. The van der Waals surface area contributed by atoms with E-state index in [9.17, 15) is 4.79 Å². The van der Waals surface area contributed by atoms with Gasteiger partial charge in [-0.15, -0.1) is 0 Å². The largest absolute Gasteiger partial charge is 0.286 e. The second-order valence-corrected chi connectivity index (χ2v) is 16.0. The Hall–Kier alpha value is 0.240. The van der Waals surface area contributed by atoms with Crippen molar-refractivity contribution in [3.63, 3.8) is 0 Å². The maximum absolute atomic E-state index is 12.8. The summed E-state index contributed by atoms with van der Waals surface area (Å²) in [5.41, 5.74) is 2.73. The number of carbonyl (C=O) groups excluding carboxylic acids is 1. The summed E-state index contributed by atoms with van der Waals surface area (Å²) in [7, 11) is 0. The summed E-state index contributed by atoms with van der Waals surface area (Å²) in [6, 6.07) is 0. The van der Waals surface area contributed by atoms with Crippen LogP contribution < -0.4 is 0 Å². The van der Waals surface area contributed by atoms with E-state index in [-0.39, 0.29) is 4.83 Å². The van der Waals surface area contributed by atoms with E-state index in [1.807, 2.05) is 0 Å². The van der Waals surface area contributed by atoms with Crippen molar-refractivity contribution in [2.24, 2.45) is 34.5 Å². The van der Waals surface area contributed by atoms with E-state index < -0.39 is 0 Å². The summed E-state index contributed by atoms with van der Waals surface area (Å²) in [4.78, 5) is 12.9. The zero-order valence-corrected chi connectivity index (χ0v) is 26.4. The molecule has 0 aromatic rings. The van der Waals surface area contributed by atoms with Crippen LogP contribution >= 0.6 is 27.7 Å². The van der Waals surface area contributed by atoms with Crippen molar-refractivity contribution >= 4 is 32.8 Å². The van der Waals surface area contributed by atoms with Gasteiger partial charge < -0.3 is 0 Å².